The molecule has 0 unspecified atom stereocenters. The lowest BCUT2D eigenvalue weighted by atomic mass is 9.81. The molecule has 0 saturated carbocycles. The predicted molar refractivity (Wildman–Crippen MR) is 208 cm³/mol. The van der Waals surface area contributed by atoms with E-state index in [4.69, 9.17) is 5.73 Å². The van der Waals surface area contributed by atoms with Crippen molar-refractivity contribution in [3.63, 3.8) is 0 Å². The highest BCUT2D eigenvalue weighted by atomic mass is 16.1. The van der Waals surface area contributed by atoms with E-state index >= 15 is 0 Å². The molecular weight excluding hydrogens is 605 g/mol. The largest absolute Gasteiger partial charge is 0.356 e. The molecule has 0 radical (unpaired) electrons. The maximum Gasteiger partial charge on any atom is 0.219 e. The molecule has 49 heavy (non-hydrogen) atoms. The van der Waals surface area contributed by atoms with Crippen LogP contribution in [0.2, 0.25) is 0 Å². The van der Waals surface area contributed by atoms with Gasteiger partial charge in [0.05, 0.1) is 5.41 Å². The minimum absolute atomic E-state index is 0.0272. The number of nitrogens with one attached hydrogen (secondary N) is 3. The molecule has 2 heterocycles. The van der Waals surface area contributed by atoms with Gasteiger partial charge >= 0.3 is 0 Å². The summed E-state index contributed by atoms with van der Waals surface area (Å²) in [4.78, 5) is 14.9. The number of carbonyl (C=O) groups excluding carboxylic acids is 1. The van der Waals surface area contributed by atoms with Crippen LogP contribution in [-0.4, -0.2) is 69.1 Å². The fourth-order valence-corrected chi connectivity index (χ4v) is 7.28. The van der Waals surface area contributed by atoms with Crippen molar-refractivity contribution in [1.82, 2.24) is 16.0 Å². The number of para-hydroxylation sites is 2. The van der Waals surface area contributed by atoms with Gasteiger partial charge in [0.2, 0.25) is 11.6 Å². The van der Waals surface area contributed by atoms with Crippen molar-refractivity contribution in [3.8, 4) is 0 Å². The summed E-state index contributed by atoms with van der Waals surface area (Å²) < 4.78 is 2.31. The second kappa shape index (κ2) is 19.0. The summed E-state index contributed by atoms with van der Waals surface area (Å²) in [6.45, 7) is 15.7. The number of carbonyl (C=O) groups is 1. The molecule has 7 heteroatoms. The lowest BCUT2D eigenvalue weighted by molar-refractivity contribution is -0.401. The third kappa shape index (κ3) is 10.3. The van der Waals surface area contributed by atoms with Crippen molar-refractivity contribution in [2.24, 2.45) is 5.73 Å². The Morgan fingerprint density at radius 3 is 2.16 bits per heavy atom. The summed E-state index contributed by atoms with van der Waals surface area (Å²) in [6, 6.07) is 17.5. The third-order valence-electron chi connectivity index (χ3n) is 10.1. The standard InChI is InChI=1S/C42H62N6O/c1-41(2)34-20-11-13-22-36(34)47(5)38(41)24-8-6-9-25-39-42(3,4)35-21-12-14-23-37(35)48(39)33-17-7-10-26-40(49)46-32-19-31-45-29-16-15-28-44-30-18-27-43/h6,8-9,11-14,20-25,44-45H,7,10,15-19,26-33,43H2,1-5H3/p+1. The monoisotopic (exact) mass is 668 g/mol. The average Bonchev–Trinajstić information content (AvgIpc) is 3.42. The van der Waals surface area contributed by atoms with Crippen molar-refractivity contribution < 1.29 is 9.37 Å². The van der Waals surface area contributed by atoms with Gasteiger partial charge in [-0.3, -0.25) is 4.79 Å². The summed E-state index contributed by atoms with van der Waals surface area (Å²) in [5.74, 6) is 0.171. The van der Waals surface area contributed by atoms with Crippen molar-refractivity contribution in [2.75, 3.05) is 57.8 Å². The Kier molecular flexibility index (Phi) is 14.9. The van der Waals surface area contributed by atoms with Crippen LogP contribution in [0.3, 0.4) is 0 Å². The van der Waals surface area contributed by atoms with Gasteiger partial charge < -0.3 is 26.6 Å². The van der Waals surface area contributed by atoms with Crippen LogP contribution in [0, 0.1) is 0 Å². The van der Waals surface area contributed by atoms with Gasteiger partial charge in [-0.15, -0.1) is 0 Å². The minimum Gasteiger partial charge on any atom is -0.356 e. The Balaban J connectivity index is 1.20. The van der Waals surface area contributed by atoms with Gasteiger partial charge in [0.1, 0.15) is 7.05 Å². The van der Waals surface area contributed by atoms with Crippen molar-refractivity contribution >= 4 is 23.0 Å². The molecule has 0 atom stereocenters. The van der Waals surface area contributed by atoms with Crippen LogP contribution < -0.4 is 26.6 Å². The first-order chi connectivity index (χ1) is 23.7. The quantitative estimate of drug-likeness (QED) is 0.0664. The summed E-state index contributed by atoms with van der Waals surface area (Å²) in [5, 5.41) is 10.0. The van der Waals surface area contributed by atoms with Crippen LogP contribution in [0.25, 0.3) is 0 Å². The molecule has 2 aliphatic rings. The van der Waals surface area contributed by atoms with E-state index in [0.29, 0.717) is 6.42 Å². The first kappa shape index (κ1) is 38.3. The van der Waals surface area contributed by atoms with Crippen LogP contribution in [0.5, 0.6) is 0 Å². The fourth-order valence-electron chi connectivity index (χ4n) is 7.28. The Labute approximate surface area is 296 Å². The average molecular weight is 668 g/mol. The molecule has 7 nitrogen and oxygen atoms in total. The first-order valence-corrected chi connectivity index (χ1v) is 18.7. The number of hydrogen-bond donors (Lipinski definition) is 4. The summed E-state index contributed by atoms with van der Waals surface area (Å²) >= 11 is 0. The number of rotatable bonds is 21. The predicted octanol–water partition coefficient (Wildman–Crippen LogP) is 6.86. The molecule has 2 aromatic rings. The van der Waals surface area contributed by atoms with E-state index in [1.165, 1.54) is 46.8 Å². The van der Waals surface area contributed by atoms with E-state index in [1.54, 1.807) is 0 Å². The van der Waals surface area contributed by atoms with E-state index in [9.17, 15) is 4.79 Å². The van der Waals surface area contributed by atoms with Gasteiger partial charge in [-0.25, -0.2) is 0 Å². The molecule has 0 spiro atoms. The first-order valence-electron chi connectivity index (χ1n) is 18.7. The number of anilines is 1. The van der Waals surface area contributed by atoms with Gasteiger partial charge in [0.25, 0.3) is 0 Å². The van der Waals surface area contributed by atoms with Gasteiger partial charge in [0.15, 0.2) is 5.71 Å². The topological polar surface area (TPSA) is 85.4 Å². The Morgan fingerprint density at radius 2 is 1.43 bits per heavy atom. The minimum atomic E-state index is -0.0783. The van der Waals surface area contributed by atoms with Crippen LogP contribution >= 0.6 is 0 Å². The van der Waals surface area contributed by atoms with E-state index < -0.39 is 0 Å². The Hall–Kier alpha value is -3.52. The summed E-state index contributed by atoms with van der Waals surface area (Å²) in [5.41, 5.74) is 13.4. The van der Waals surface area contributed by atoms with Crippen LogP contribution in [0.4, 0.5) is 11.4 Å². The van der Waals surface area contributed by atoms with Crippen LogP contribution in [-0.2, 0) is 15.6 Å². The molecule has 1 amide bonds. The van der Waals surface area contributed by atoms with Gasteiger partial charge in [-0.2, -0.15) is 4.58 Å². The summed E-state index contributed by atoms with van der Waals surface area (Å²) in [6.07, 6.45) is 19.0. The lowest BCUT2D eigenvalue weighted by Crippen LogP contribution is -2.28. The molecule has 0 aromatic heterocycles. The Morgan fingerprint density at radius 1 is 0.755 bits per heavy atom. The van der Waals surface area contributed by atoms with Crippen molar-refractivity contribution in [3.05, 3.63) is 95.7 Å². The Bertz CT molecular complexity index is 1480. The molecular formula is C42H63N6O+. The van der Waals surface area contributed by atoms with E-state index in [-0.39, 0.29) is 16.7 Å². The number of nitrogens with two attached hydrogens (primary N) is 1. The van der Waals surface area contributed by atoms with Gasteiger partial charge in [-0.1, -0.05) is 74.9 Å². The number of amides is 1. The molecule has 0 fully saturated rings. The number of hydrogen-bond acceptors (Lipinski definition) is 5. The fraction of sp³-hybridized carbons (Fsp3) is 0.524. The van der Waals surface area contributed by atoms with E-state index in [1.807, 2.05) is 0 Å². The molecule has 4 rings (SSSR count). The van der Waals surface area contributed by atoms with Gasteiger partial charge in [-0.05, 0) is 103 Å². The molecule has 2 aromatic carbocycles. The number of nitrogens with zero attached hydrogens (tertiary/aromatic N) is 2. The number of allylic oxidation sites excluding steroid dienone is 6. The molecule has 0 bridgehead atoms. The SMILES string of the molecule is C[N+]1=C(C=CC=CC=C2N(CCCCCC(=O)NCCCNCCCCNCCCN)c3ccccc3C2(C)C)C(C)(C)c2ccccc21. The maximum absolute atomic E-state index is 12.4. The van der Waals surface area contributed by atoms with Crippen molar-refractivity contribution in [1.29, 1.82) is 0 Å². The zero-order valence-electron chi connectivity index (χ0n) is 31.0. The van der Waals surface area contributed by atoms with Crippen LogP contribution in [0.15, 0.2) is 84.6 Å². The lowest BCUT2D eigenvalue weighted by Gasteiger charge is -2.27. The molecule has 5 N–H and O–H groups in total. The number of fused-ring (bicyclic) bond motifs is 2. The smallest absolute Gasteiger partial charge is 0.219 e. The van der Waals surface area contributed by atoms with Crippen LogP contribution in [0.1, 0.15) is 90.2 Å². The number of unbranched alkanes of at least 4 members (excludes halogenated alkanes) is 3. The molecule has 0 saturated heterocycles. The molecule has 0 aliphatic carbocycles. The maximum atomic E-state index is 12.4. The third-order valence-corrected chi connectivity index (χ3v) is 10.1. The second-order valence-electron chi connectivity index (χ2n) is 14.5. The highest BCUT2D eigenvalue weighted by Gasteiger charge is 2.42. The van der Waals surface area contributed by atoms with Crippen molar-refractivity contribution in [2.45, 2.75) is 89.9 Å². The summed E-state index contributed by atoms with van der Waals surface area (Å²) in [7, 11) is 2.16. The second-order valence-corrected chi connectivity index (χ2v) is 14.5. The van der Waals surface area contributed by atoms with E-state index in [0.717, 1.165) is 77.9 Å². The van der Waals surface area contributed by atoms with E-state index in [2.05, 4.69) is 139 Å². The highest BCUT2D eigenvalue weighted by Crippen LogP contribution is 2.47. The zero-order valence-corrected chi connectivity index (χ0v) is 31.0. The highest BCUT2D eigenvalue weighted by molar-refractivity contribution is 6.03. The normalized spacial score (nSPS) is 17.1. The molecule has 2 aliphatic heterocycles. The number of benzene rings is 2. The van der Waals surface area contributed by atoms with Gasteiger partial charge in [0, 0.05) is 54.0 Å². The molecule has 266 valence electrons. The zero-order chi connectivity index (χ0) is 35.1.